The summed E-state index contributed by atoms with van der Waals surface area (Å²) in [6, 6.07) is 11.0. The molecule has 21 heavy (non-hydrogen) atoms. The molecule has 0 fully saturated rings. The van der Waals surface area contributed by atoms with E-state index in [0.717, 1.165) is 0 Å². The van der Waals surface area contributed by atoms with Crippen LogP contribution >= 0.6 is 0 Å². The van der Waals surface area contributed by atoms with E-state index in [1.807, 2.05) is 0 Å². The summed E-state index contributed by atoms with van der Waals surface area (Å²) in [6.45, 7) is 0. The Morgan fingerprint density at radius 3 is 2.14 bits per heavy atom. The van der Waals surface area contributed by atoms with Crippen molar-refractivity contribution in [2.24, 2.45) is 0 Å². The molecule has 2 aromatic carbocycles. The van der Waals surface area contributed by atoms with Gasteiger partial charge < -0.3 is 21.5 Å². The Kier molecular flexibility index (Phi) is 4.08. The number of carbonyl (C=O) groups excluding carboxylic acids is 2. The Hall–Kier alpha value is -3.02. The SMILES string of the molecule is COC(=O)c1ccc(NC(=O)c2ccc(N)c(N)c2)cc1. The number of esters is 1. The summed E-state index contributed by atoms with van der Waals surface area (Å²) >= 11 is 0. The monoisotopic (exact) mass is 285 g/mol. The van der Waals surface area contributed by atoms with Crippen molar-refractivity contribution >= 4 is 28.9 Å². The molecule has 1 amide bonds. The molecule has 0 saturated carbocycles. The predicted molar refractivity (Wildman–Crippen MR) is 81.0 cm³/mol. The number of carbonyl (C=O) groups is 2. The molecule has 5 N–H and O–H groups in total. The first-order chi connectivity index (χ1) is 10.0. The van der Waals surface area contributed by atoms with Gasteiger partial charge in [0.05, 0.1) is 24.0 Å². The van der Waals surface area contributed by atoms with Gasteiger partial charge in [0, 0.05) is 11.3 Å². The molecule has 0 atom stereocenters. The summed E-state index contributed by atoms with van der Waals surface area (Å²) in [5, 5.41) is 2.70. The second-order valence-corrected chi connectivity index (χ2v) is 4.37. The van der Waals surface area contributed by atoms with Crippen molar-refractivity contribution in [2.45, 2.75) is 0 Å². The molecular formula is C15H15N3O3. The Balaban J connectivity index is 2.12. The fourth-order valence-electron chi connectivity index (χ4n) is 1.73. The van der Waals surface area contributed by atoms with Crippen molar-refractivity contribution in [1.29, 1.82) is 0 Å². The van der Waals surface area contributed by atoms with Crippen molar-refractivity contribution in [3.05, 3.63) is 53.6 Å². The number of rotatable bonds is 3. The van der Waals surface area contributed by atoms with Crippen molar-refractivity contribution in [1.82, 2.24) is 0 Å². The molecule has 0 saturated heterocycles. The van der Waals surface area contributed by atoms with Gasteiger partial charge >= 0.3 is 5.97 Å². The maximum atomic E-state index is 12.1. The molecule has 0 aromatic heterocycles. The summed E-state index contributed by atoms with van der Waals surface area (Å²) in [4.78, 5) is 23.4. The summed E-state index contributed by atoms with van der Waals surface area (Å²) < 4.78 is 4.60. The first-order valence-corrected chi connectivity index (χ1v) is 6.16. The maximum Gasteiger partial charge on any atom is 0.337 e. The molecule has 0 unspecified atom stereocenters. The van der Waals surface area contributed by atoms with E-state index < -0.39 is 5.97 Å². The number of hydrogen-bond acceptors (Lipinski definition) is 5. The molecule has 0 aliphatic heterocycles. The number of ether oxygens (including phenoxy) is 1. The zero-order chi connectivity index (χ0) is 15.4. The van der Waals surface area contributed by atoms with Crippen LogP contribution in [0.1, 0.15) is 20.7 Å². The van der Waals surface area contributed by atoms with Gasteiger partial charge in [-0.05, 0) is 42.5 Å². The molecule has 6 nitrogen and oxygen atoms in total. The van der Waals surface area contributed by atoms with Gasteiger partial charge in [-0.1, -0.05) is 0 Å². The van der Waals surface area contributed by atoms with Crippen LogP contribution in [-0.4, -0.2) is 19.0 Å². The van der Waals surface area contributed by atoms with Crippen molar-refractivity contribution in [3.8, 4) is 0 Å². The van der Waals surface area contributed by atoms with Crippen LogP contribution in [0.3, 0.4) is 0 Å². The van der Waals surface area contributed by atoms with Gasteiger partial charge in [0.15, 0.2) is 0 Å². The van der Waals surface area contributed by atoms with Crippen LogP contribution in [0, 0.1) is 0 Å². The molecule has 0 aliphatic rings. The van der Waals surface area contributed by atoms with Crippen LogP contribution in [0.2, 0.25) is 0 Å². The van der Waals surface area contributed by atoms with Gasteiger partial charge in [0.25, 0.3) is 5.91 Å². The number of amides is 1. The van der Waals surface area contributed by atoms with Crippen LogP contribution in [0.5, 0.6) is 0 Å². The average Bonchev–Trinajstić information content (AvgIpc) is 2.50. The highest BCUT2D eigenvalue weighted by Crippen LogP contribution is 2.17. The van der Waals surface area contributed by atoms with Gasteiger partial charge in [0.1, 0.15) is 0 Å². The first kappa shape index (κ1) is 14.4. The number of benzene rings is 2. The number of nitrogens with one attached hydrogen (secondary N) is 1. The van der Waals surface area contributed by atoms with Crippen molar-refractivity contribution in [3.63, 3.8) is 0 Å². The van der Waals surface area contributed by atoms with Gasteiger partial charge in [-0.2, -0.15) is 0 Å². The van der Waals surface area contributed by atoms with Crippen LogP contribution in [0.15, 0.2) is 42.5 Å². The molecule has 0 bridgehead atoms. The van der Waals surface area contributed by atoms with Gasteiger partial charge in [-0.15, -0.1) is 0 Å². The summed E-state index contributed by atoms with van der Waals surface area (Å²) in [5.74, 6) is -0.744. The minimum atomic E-state index is -0.431. The van der Waals surface area contributed by atoms with Gasteiger partial charge in [-0.25, -0.2) is 4.79 Å². The fraction of sp³-hybridized carbons (Fsp3) is 0.0667. The third-order valence-electron chi connectivity index (χ3n) is 2.91. The quantitative estimate of drug-likeness (QED) is 0.589. The van der Waals surface area contributed by atoms with Crippen LogP contribution < -0.4 is 16.8 Å². The van der Waals surface area contributed by atoms with E-state index in [0.29, 0.717) is 28.2 Å². The molecule has 0 spiro atoms. The molecule has 6 heteroatoms. The number of anilines is 3. The van der Waals surface area contributed by atoms with Gasteiger partial charge in [-0.3, -0.25) is 4.79 Å². The van der Waals surface area contributed by atoms with E-state index in [2.05, 4.69) is 10.1 Å². The second kappa shape index (κ2) is 5.96. The molecule has 0 aliphatic carbocycles. The lowest BCUT2D eigenvalue weighted by Gasteiger charge is -2.07. The topological polar surface area (TPSA) is 107 Å². The van der Waals surface area contributed by atoms with E-state index in [4.69, 9.17) is 11.5 Å². The molecule has 2 aromatic rings. The van der Waals surface area contributed by atoms with E-state index >= 15 is 0 Å². The number of nitrogen functional groups attached to an aromatic ring is 2. The fourth-order valence-corrected chi connectivity index (χ4v) is 1.73. The minimum Gasteiger partial charge on any atom is -0.465 e. The number of nitrogens with two attached hydrogens (primary N) is 2. The first-order valence-electron chi connectivity index (χ1n) is 6.16. The molecule has 0 radical (unpaired) electrons. The molecular weight excluding hydrogens is 270 g/mol. The third kappa shape index (κ3) is 3.30. The lowest BCUT2D eigenvalue weighted by atomic mass is 10.1. The summed E-state index contributed by atoms with van der Waals surface area (Å²) in [7, 11) is 1.31. The number of methoxy groups -OCH3 is 1. The number of hydrogen-bond donors (Lipinski definition) is 3. The van der Waals surface area contributed by atoms with Crippen LogP contribution in [0.25, 0.3) is 0 Å². The maximum absolute atomic E-state index is 12.1. The normalized spacial score (nSPS) is 9.95. The lowest BCUT2D eigenvalue weighted by molar-refractivity contribution is 0.0600. The largest absolute Gasteiger partial charge is 0.465 e. The van der Waals surface area contributed by atoms with Crippen LogP contribution in [-0.2, 0) is 4.74 Å². The third-order valence-corrected chi connectivity index (χ3v) is 2.91. The standard InChI is InChI=1S/C15H15N3O3/c1-21-15(20)9-2-5-11(6-3-9)18-14(19)10-4-7-12(16)13(17)8-10/h2-8H,16-17H2,1H3,(H,18,19). The highest BCUT2D eigenvalue weighted by Gasteiger charge is 2.09. The Bertz CT molecular complexity index is 681. The van der Waals surface area contributed by atoms with Crippen molar-refractivity contribution < 1.29 is 14.3 Å². The Morgan fingerprint density at radius 1 is 0.952 bits per heavy atom. The van der Waals surface area contributed by atoms with E-state index in [9.17, 15) is 9.59 Å². The summed E-state index contributed by atoms with van der Waals surface area (Å²) in [5.41, 5.74) is 13.4. The predicted octanol–water partition coefficient (Wildman–Crippen LogP) is 1.89. The lowest BCUT2D eigenvalue weighted by Crippen LogP contribution is -2.12. The molecule has 0 heterocycles. The summed E-state index contributed by atoms with van der Waals surface area (Å²) in [6.07, 6.45) is 0. The van der Waals surface area contributed by atoms with E-state index in [1.165, 1.54) is 13.2 Å². The average molecular weight is 285 g/mol. The van der Waals surface area contributed by atoms with Crippen molar-refractivity contribution in [2.75, 3.05) is 23.9 Å². The highest BCUT2D eigenvalue weighted by molar-refractivity contribution is 6.05. The van der Waals surface area contributed by atoms with E-state index in [-0.39, 0.29) is 5.91 Å². The van der Waals surface area contributed by atoms with Crippen LogP contribution in [0.4, 0.5) is 17.1 Å². The second-order valence-electron chi connectivity index (χ2n) is 4.37. The van der Waals surface area contributed by atoms with E-state index in [1.54, 1.807) is 36.4 Å². The minimum absolute atomic E-state index is 0.312. The van der Waals surface area contributed by atoms with Gasteiger partial charge in [0.2, 0.25) is 0 Å². The molecule has 2 rings (SSSR count). The smallest absolute Gasteiger partial charge is 0.337 e. The zero-order valence-corrected chi connectivity index (χ0v) is 11.4. The zero-order valence-electron chi connectivity index (χ0n) is 11.4. The highest BCUT2D eigenvalue weighted by atomic mass is 16.5. The Labute approximate surface area is 121 Å². The molecule has 108 valence electrons. The Morgan fingerprint density at radius 2 is 1.57 bits per heavy atom.